The number of hydrogen-bond donors (Lipinski definition) is 1. The molecule has 0 spiro atoms. The van der Waals surface area contributed by atoms with Crippen molar-refractivity contribution in [1.82, 2.24) is 15.1 Å². The molecule has 1 heterocycles. The SMILES string of the molecule is Cc1cccc(C(=O)N(CC(=O)N2CCNCC2)Cc2ccccc2)c1. The molecule has 1 aliphatic heterocycles. The number of carbonyl (C=O) groups excluding carboxylic acids is 2. The van der Waals surface area contributed by atoms with Gasteiger partial charge in [-0.05, 0) is 24.6 Å². The Hall–Kier alpha value is -2.66. The fourth-order valence-electron chi connectivity index (χ4n) is 3.14. The second-order valence-electron chi connectivity index (χ2n) is 6.65. The number of carbonyl (C=O) groups is 2. The first-order valence-corrected chi connectivity index (χ1v) is 9.02. The number of benzene rings is 2. The van der Waals surface area contributed by atoms with E-state index in [9.17, 15) is 9.59 Å². The number of rotatable bonds is 5. The Morgan fingerprint density at radius 3 is 2.46 bits per heavy atom. The summed E-state index contributed by atoms with van der Waals surface area (Å²) in [5, 5.41) is 3.24. The quantitative estimate of drug-likeness (QED) is 0.897. The van der Waals surface area contributed by atoms with Crippen LogP contribution in [0.25, 0.3) is 0 Å². The van der Waals surface area contributed by atoms with E-state index in [1.165, 1.54) is 0 Å². The summed E-state index contributed by atoms with van der Waals surface area (Å²) in [4.78, 5) is 29.2. The van der Waals surface area contributed by atoms with Crippen molar-refractivity contribution in [3.63, 3.8) is 0 Å². The van der Waals surface area contributed by atoms with Gasteiger partial charge in [0.15, 0.2) is 0 Å². The Morgan fingerprint density at radius 2 is 1.77 bits per heavy atom. The van der Waals surface area contributed by atoms with Crippen molar-refractivity contribution in [1.29, 1.82) is 0 Å². The molecule has 0 radical (unpaired) electrons. The molecule has 1 saturated heterocycles. The Labute approximate surface area is 154 Å². The molecule has 2 amide bonds. The largest absolute Gasteiger partial charge is 0.339 e. The Kier molecular flexibility index (Phi) is 6.02. The summed E-state index contributed by atoms with van der Waals surface area (Å²) >= 11 is 0. The number of hydrogen-bond acceptors (Lipinski definition) is 3. The highest BCUT2D eigenvalue weighted by Gasteiger charge is 2.23. The van der Waals surface area contributed by atoms with Crippen LogP contribution in [-0.2, 0) is 11.3 Å². The number of nitrogens with one attached hydrogen (secondary N) is 1. The van der Waals surface area contributed by atoms with Gasteiger partial charge in [0.2, 0.25) is 5.91 Å². The molecular weight excluding hydrogens is 326 g/mol. The first-order chi connectivity index (χ1) is 12.6. The first kappa shape index (κ1) is 18.1. The highest BCUT2D eigenvalue weighted by Crippen LogP contribution is 2.12. The van der Waals surface area contributed by atoms with Crippen molar-refractivity contribution >= 4 is 11.8 Å². The smallest absolute Gasteiger partial charge is 0.254 e. The van der Waals surface area contributed by atoms with Crippen LogP contribution in [0.2, 0.25) is 0 Å². The van der Waals surface area contributed by atoms with Crippen LogP contribution in [0.4, 0.5) is 0 Å². The molecule has 1 aliphatic rings. The van der Waals surface area contributed by atoms with E-state index in [4.69, 9.17) is 0 Å². The van der Waals surface area contributed by atoms with Crippen LogP contribution in [0.15, 0.2) is 54.6 Å². The second-order valence-corrected chi connectivity index (χ2v) is 6.65. The third-order valence-corrected chi connectivity index (χ3v) is 4.56. The number of aryl methyl sites for hydroxylation is 1. The molecule has 0 aliphatic carbocycles. The molecule has 0 aromatic heterocycles. The summed E-state index contributed by atoms with van der Waals surface area (Å²) in [5.74, 6) is -0.107. The topological polar surface area (TPSA) is 52.7 Å². The maximum atomic E-state index is 13.1. The van der Waals surface area contributed by atoms with Crippen molar-refractivity contribution in [3.8, 4) is 0 Å². The normalized spacial score (nSPS) is 14.1. The summed E-state index contributed by atoms with van der Waals surface area (Å²) in [6.07, 6.45) is 0. The van der Waals surface area contributed by atoms with E-state index in [1.54, 1.807) is 4.90 Å². The second kappa shape index (κ2) is 8.63. The van der Waals surface area contributed by atoms with E-state index >= 15 is 0 Å². The van der Waals surface area contributed by atoms with Gasteiger partial charge in [-0.15, -0.1) is 0 Å². The van der Waals surface area contributed by atoms with Crippen molar-refractivity contribution in [3.05, 3.63) is 71.3 Å². The molecule has 1 fully saturated rings. The van der Waals surface area contributed by atoms with Gasteiger partial charge < -0.3 is 15.1 Å². The maximum Gasteiger partial charge on any atom is 0.254 e. The molecule has 1 N–H and O–H groups in total. The third kappa shape index (κ3) is 4.70. The highest BCUT2D eigenvalue weighted by atomic mass is 16.2. The average molecular weight is 351 g/mol. The molecule has 2 aromatic carbocycles. The molecule has 0 bridgehead atoms. The summed E-state index contributed by atoms with van der Waals surface area (Å²) in [7, 11) is 0. The Bertz CT molecular complexity index is 755. The highest BCUT2D eigenvalue weighted by molar-refractivity contribution is 5.96. The van der Waals surface area contributed by atoms with Crippen LogP contribution in [0, 0.1) is 6.92 Å². The number of nitrogens with zero attached hydrogens (tertiary/aromatic N) is 2. The van der Waals surface area contributed by atoms with Gasteiger partial charge in [0, 0.05) is 38.3 Å². The van der Waals surface area contributed by atoms with Crippen molar-refractivity contribution in [2.24, 2.45) is 0 Å². The van der Waals surface area contributed by atoms with Crippen LogP contribution in [0.5, 0.6) is 0 Å². The molecule has 0 unspecified atom stereocenters. The summed E-state index contributed by atoms with van der Waals surface area (Å²) < 4.78 is 0. The van der Waals surface area contributed by atoms with E-state index in [0.717, 1.165) is 24.2 Å². The van der Waals surface area contributed by atoms with Gasteiger partial charge in [-0.2, -0.15) is 0 Å². The van der Waals surface area contributed by atoms with Crippen molar-refractivity contribution in [2.75, 3.05) is 32.7 Å². The van der Waals surface area contributed by atoms with E-state index in [1.807, 2.05) is 66.4 Å². The lowest BCUT2D eigenvalue weighted by Crippen LogP contribution is -2.50. The van der Waals surface area contributed by atoms with Crippen LogP contribution in [0.1, 0.15) is 21.5 Å². The standard InChI is InChI=1S/C21H25N3O2/c1-17-6-5-9-19(14-17)21(26)24(15-18-7-3-2-4-8-18)16-20(25)23-12-10-22-11-13-23/h2-9,14,22H,10-13,15-16H2,1H3. The molecular formula is C21H25N3O2. The first-order valence-electron chi connectivity index (χ1n) is 9.02. The molecule has 3 rings (SSSR count). The van der Waals surface area contributed by atoms with E-state index in [0.29, 0.717) is 25.2 Å². The molecule has 0 atom stereocenters. The molecule has 5 nitrogen and oxygen atoms in total. The number of piperazine rings is 1. The average Bonchev–Trinajstić information content (AvgIpc) is 2.68. The van der Waals surface area contributed by atoms with Crippen molar-refractivity contribution in [2.45, 2.75) is 13.5 Å². The number of amides is 2. The Morgan fingerprint density at radius 1 is 1.04 bits per heavy atom. The zero-order chi connectivity index (χ0) is 18.4. The summed E-state index contributed by atoms with van der Waals surface area (Å²) in [5.41, 5.74) is 2.67. The van der Waals surface area contributed by atoms with E-state index < -0.39 is 0 Å². The minimum Gasteiger partial charge on any atom is -0.339 e. The fraction of sp³-hybridized carbons (Fsp3) is 0.333. The third-order valence-electron chi connectivity index (χ3n) is 4.56. The lowest BCUT2D eigenvalue weighted by molar-refractivity contribution is -0.132. The van der Waals surface area contributed by atoms with E-state index in [-0.39, 0.29) is 18.4 Å². The molecule has 136 valence electrons. The predicted molar refractivity (Wildman–Crippen MR) is 102 cm³/mol. The van der Waals surface area contributed by atoms with Crippen LogP contribution < -0.4 is 5.32 Å². The van der Waals surface area contributed by atoms with Crippen LogP contribution >= 0.6 is 0 Å². The zero-order valence-electron chi connectivity index (χ0n) is 15.1. The zero-order valence-corrected chi connectivity index (χ0v) is 15.1. The molecule has 5 heteroatoms. The van der Waals surface area contributed by atoms with Gasteiger partial charge in [-0.3, -0.25) is 9.59 Å². The maximum absolute atomic E-state index is 13.1. The summed E-state index contributed by atoms with van der Waals surface area (Å²) in [6, 6.07) is 17.3. The van der Waals surface area contributed by atoms with Gasteiger partial charge >= 0.3 is 0 Å². The molecule has 26 heavy (non-hydrogen) atoms. The molecule has 2 aromatic rings. The summed E-state index contributed by atoms with van der Waals surface area (Å²) in [6.45, 7) is 5.47. The van der Waals surface area contributed by atoms with Gasteiger partial charge in [0.25, 0.3) is 5.91 Å². The minimum atomic E-state index is -0.110. The van der Waals surface area contributed by atoms with E-state index in [2.05, 4.69) is 5.32 Å². The molecule has 0 saturated carbocycles. The Balaban J connectivity index is 1.78. The van der Waals surface area contributed by atoms with Crippen LogP contribution in [0.3, 0.4) is 0 Å². The van der Waals surface area contributed by atoms with Crippen molar-refractivity contribution < 1.29 is 9.59 Å². The fourth-order valence-corrected chi connectivity index (χ4v) is 3.14. The van der Waals surface area contributed by atoms with Gasteiger partial charge in [0.1, 0.15) is 6.54 Å². The van der Waals surface area contributed by atoms with Gasteiger partial charge in [-0.1, -0.05) is 48.0 Å². The van der Waals surface area contributed by atoms with Gasteiger partial charge in [0.05, 0.1) is 0 Å². The van der Waals surface area contributed by atoms with Crippen LogP contribution in [-0.4, -0.2) is 54.3 Å². The monoisotopic (exact) mass is 351 g/mol. The lowest BCUT2D eigenvalue weighted by atomic mass is 10.1. The predicted octanol–water partition coefficient (Wildman–Crippen LogP) is 2.07. The lowest BCUT2D eigenvalue weighted by Gasteiger charge is -2.30. The minimum absolute atomic E-state index is 0.00318. The van der Waals surface area contributed by atoms with Gasteiger partial charge in [-0.25, -0.2) is 0 Å².